The Kier molecular flexibility index (Phi) is 9.82. The Morgan fingerprint density at radius 3 is 2.10 bits per heavy atom. The number of sulfonamides is 1. The van der Waals surface area contributed by atoms with Crippen LogP contribution in [0.1, 0.15) is 44.6 Å². The smallest absolute Gasteiger partial charge is 0.264 e. The van der Waals surface area contributed by atoms with Crippen LogP contribution in [0.4, 0.5) is 5.69 Å². The molecule has 0 aromatic heterocycles. The molecule has 1 fully saturated rings. The first-order valence-electron chi connectivity index (χ1n) is 13.6. The van der Waals surface area contributed by atoms with Gasteiger partial charge < -0.3 is 15.0 Å². The first-order valence-corrected chi connectivity index (χ1v) is 15.1. The number of amides is 2. The number of nitrogens with zero attached hydrogens (tertiary/aromatic N) is 2. The van der Waals surface area contributed by atoms with Gasteiger partial charge in [0.25, 0.3) is 10.0 Å². The molecule has 3 aromatic carbocycles. The summed E-state index contributed by atoms with van der Waals surface area (Å²) in [7, 11) is -2.57. The Morgan fingerprint density at radius 1 is 0.900 bits per heavy atom. The zero-order valence-electron chi connectivity index (χ0n) is 23.0. The molecule has 1 N–H and O–H groups in total. The normalized spacial score (nSPS) is 14.7. The van der Waals surface area contributed by atoms with Gasteiger partial charge in [-0.2, -0.15) is 0 Å². The standard InChI is InChI=1S/C31H37N3O5S/c1-24(31(36)32-26-14-8-4-9-15-26)33(22-25-12-6-3-7-13-25)30(35)23-34(27-18-20-28(39-2)21-19-27)40(37,38)29-16-10-5-11-17-29/h3,5-7,10-13,16-21,24,26H,4,8-9,14-15,22-23H2,1-2H3,(H,32,36). The molecule has 0 heterocycles. The monoisotopic (exact) mass is 563 g/mol. The van der Waals surface area contributed by atoms with E-state index in [1.165, 1.54) is 24.1 Å². The molecule has 1 aliphatic carbocycles. The number of ether oxygens (including phenoxy) is 1. The predicted octanol–water partition coefficient (Wildman–Crippen LogP) is 4.76. The maximum absolute atomic E-state index is 14.0. The summed E-state index contributed by atoms with van der Waals surface area (Å²) < 4.78 is 34.0. The van der Waals surface area contributed by atoms with Gasteiger partial charge in [-0.3, -0.25) is 13.9 Å². The van der Waals surface area contributed by atoms with E-state index < -0.39 is 28.5 Å². The minimum atomic E-state index is -4.10. The second-order valence-corrected chi connectivity index (χ2v) is 11.9. The first-order chi connectivity index (χ1) is 19.3. The molecule has 0 radical (unpaired) electrons. The van der Waals surface area contributed by atoms with Crippen LogP contribution in [0.3, 0.4) is 0 Å². The molecular weight excluding hydrogens is 526 g/mol. The SMILES string of the molecule is COc1ccc(N(CC(=O)N(Cc2ccccc2)C(C)C(=O)NC2CCCCC2)S(=O)(=O)c2ccccc2)cc1. The second-order valence-electron chi connectivity index (χ2n) is 10.0. The molecular formula is C31H37N3O5S. The van der Waals surface area contributed by atoms with Gasteiger partial charge in [-0.05, 0) is 61.7 Å². The van der Waals surface area contributed by atoms with Crippen LogP contribution in [-0.2, 0) is 26.2 Å². The van der Waals surface area contributed by atoms with Crippen molar-refractivity contribution in [3.8, 4) is 5.75 Å². The topological polar surface area (TPSA) is 96.0 Å². The van der Waals surface area contributed by atoms with E-state index in [0.29, 0.717) is 11.4 Å². The Bertz CT molecular complexity index is 1360. The third-order valence-electron chi connectivity index (χ3n) is 7.29. The van der Waals surface area contributed by atoms with Crippen molar-refractivity contribution in [1.29, 1.82) is 0 Å². The summed E-state index contributed by atoms with van der Waals surface area (Å²) >= 11 is 0. The van der Waals surface area contributed by atoms with Gasteiger partial charge in [0.15, 0.2) is 0 Å². The van der Waals surface area contributed by atoms with Gasteiger partial charge in [0.1, 0.15) is 18.3 Å². The summed E-state index contributed by atoms with van der Waals surface area (Å²) in [5, 5.41) is 3.11. The Balaban J connectivity index is 1.65. The third kappa shape index (κ3) is 7.21. The van der Waals surface area contributed by atoms with E-state index >= 15 is 0 Å². The van der Waals surface area contributed by atoms with Crippen molar-refractivity contribution < 1.29 is 22.7 Å². The second kappa shape index (κ2) is 13.5. The van der Waals surface area contributed by atoms with Crippen LogP contribution < -0.4 is 14.4 Å². The highest BCUT2D eigenvalue weighted by atomic mass is 32.2. The number of hydrogen-bond acceptors (Lipinski definition) is 5. The Hall–Kier alpha value is -3.85. The average molecular weight is 564 g/mol. The number of anilines is 1. The van der Waals surface area contributed by atoms with Gasteiger partial charge in [0, 0.05) is 12.6 Å². The molecule has 0 saturated heterocycles. The molecule has 9 heteroatoms. The fourth-order valence-electron chi connectivity index (χ4n) is 4.93. The molecule has 0 aliphatic heterocycles. The van der Waals surface area contributed by atoms with E-state index in [0.717, 1.165) is 42.0 Å². The summed E-state index contributed by atoms with van der Waals surface area (Å²) in [5.74, 6) is -0.158. The highest BCUT2D eigenvalue weighted by Crippen LogP contribution is 2.26. The van der Waals surface area contributed by atoms with Crippen LogP contribution in [0.25, 0.3) is 0 Å². The minimum Gasteiger partial charge on any atom is -0.497 e. The lowest BCUT2D eigenvalue weighted by Crippen LogP contribution is -2.53. The van der Waals surface area contributed by atoms with Crippen LogP contribution in [0, 0.1) is 0 Å². The lowest BCUT2D eigenvalue weighted by atomic mass is 9.95. The van der Waals surface area contributed by atoms with Crippen molar-refractivity contribution in [2.24, 2.45) is 0 Å². The number of nitrogens with one attached hydrogen (secondary N) is 1. The van der Waals surface area contributed by atoms with Gasteiger partial charge in [-0.1, -0.05) is 67.8 Å². The fourth-order valence-corrected chi connectivity index (χ4v) is 6.36. The lowest BCUT2D eigenvalue weighted by molar-refractivity contribution is -0.139. The van der Waals surface area contributed by atoms with E-state index in [4.69, 9.17) is 4.74 Å². The quantitative estimate of drug-likeness (QED) is 0.363. The third-order valence-corrected chi connectivity index (χ3v) is 9.07. The molecule has 1 atom stereocenters. The maximum Gasteiger partial charge on any atom is 0.264 e. The molecule has 1 aliphatic rings. The largest absolute Gasteiger partial charge is 0.497 e. The van der Waals surface area contributed by atoms with E-state index in [9.17, 15) is 18.0 Å². The highest BCUT2D eigenvalue weighted by molar-refractivity contribution is 7.92. The van der Waals surface area contributed by atoms with E-state index in [1.54, 1.807) is 49.4 Å². The molecule has 1 unspecified atom stereocenters. The molecule has 8 nitrogen and oxygen atoms in total. The summed E-state index contributed by atoms with van der Waals surface area (Å²) in [4.78, 5) is 28.9. The van der Waals surface area contributed by atoms with Crippen molar-refractivity contribution in [1.82, 2.24) is 10.2 Å². The molecule has 212 valence electrons. The fraction of sp³-hybridized carbons (Fsp3) is 0.355. The van der Waals surface area contributed by atoms with Crippen LogP contribution >= 0.6 is 0 Å². The number of methoxy groups -OCH3 is 1. The first kappa shape index (κ1) is 29.1. The zero-order valence-corrected chi connectivity index (χ0v) is 23.8. The summed E-state index contributed by atoms with van der Waals surface area (Å²) in [5.41, 5.74) is 1.16. The number of hydrogen-bond donors (Lipinski definition) is 1. The summed E-state index contributed by atoms with van der Waals surface area (Å²) in [6.07, 6.45) is 5.15. The molecule has 0 bridgehead atoms. The van der Waals surface area contributed by atoms with E-state index in [-0.39, 0.29) is 23.4 Å². The highest BCUT2D eigenvalue weighted by Gasteiger charge is 2.33. The molecule has 0 spiro atoms. The van der Waals surface area contributed by atoms with Gasteiger partial charge in [0.2, 0.25) is 11.8 Å². The number of carbonyl (C=O) groups excluding carboxylic acids is 2. The summed E-state index contributed by atoms with van der Waals surface area (Å²) in [6, 6.07) is 23.2. The molecule has 40 heavy (non-hydrogen) atoms. The Morgan fingerprint density at radius 2 is 1.50 bits per heavy atom. The van der Waals surface area contributed by atoms with Gasteiger partial charge in [0.05, 0.1) is 17.7 Å². The maximum atomic E-state index is 14.0. The molecule has 2 amide bonds. The van der Waals surface area contributed by atoms with E-state index in [1.807, 2.05) is 30.3 Å². The average Bonchev–Trinajstić information content (AvgIpc) is 2.99. The number of benzene rings is 3. The zero-order chi connectivity index (χ0) is 28.5. The van der Waals surface area contributed by atoms with Crippen LogP contribution in [0.2, 0.25) is 0 Å². The van der Waals surface area contributed by atoms with E-state index in [2.05, 4.69) is 5.32 Å². The van der Waals surface area contributed by atoms with Gasteiger partial charge in [-0.15, -0.1) is 0 Å². The lowest BCUT2D eigenvalue weighted by Gasteiger charge is -2.33. The predicted molar refractivity (Wildman–Crippen MR) is 155 cm³/mol. The van der Waals surface area contributed by atoms with Crippen LogP contribution in [-0.4, -0.2) is 50.9 Å². The van der Waals surface area contributed by atoms with Crippen molar-refractivity contribution in [3.05, 3.63) is 90.5 Å². The molecule has 4 rings (SSSR count). The Labute approximate surface area is 237 Å². The van der Waals surface area contributed by atoms with Crippen molar-refractivity contribution in [3.63, 3.8) is 0 Å². The molecule has 3 aromatic rings. The van der Waals surface area contributed by atoms with Crippen molar-refractivity contribution in [2.75, 3.05) is 18.0 Å². The van der Waals surface area contributed by atoms with Crippen molar-refractivity contribution >= 4 is 27.5 Å². The van der Waals surface area contributed by atoms with Crippen LogP contribution in [0.15, 0.2) is 89.8 Å². The van der Waals surface area contributed by atoms with Gasteiger partial charge >= 0.3 is 0 Å². The number of rotatable bonds is 11. The molecule has 1 saturated carbocycles. The van der Waals surface area contributed by atoms with Crippen molar-refractivity contribution in [2.45, 2.75) is 62.6 Å². The van der Waals surface area contributed by atoms with Gasteiger partial charge in [-0.25, -0.2) is 8.42 Å². The van der Waals surface area contributed by atoms with Crippen LogP contribution in [0.5, 0.6) is 5.75 Å². The minimum absolute atomic E-state index is 0.0660. The number of carbonyl (C=O) groups is 2. The summed E-state index contributed by atoms with van der Waals surface area (Å²) in [6.45, 7) is 1.39.